The van der Waals surface area contributed by atoms with Crippen LogP contribution >= 0.6 is 0 Å². The number of Topliss-reactive ketones (excluding diaryl/α,β-unsaturated/α-hetero) is 1. The number of likely N-dealkylation sites (tertiary alicyclic amines) is 1. The lowest BCUT2D eigenvalue weighted by Crippen LogP contribution is -2.31. The molecule has 0 radical (unpaired) electrons. The molecule has 1 aliphatic rings. The molecular weight excluding hydrogens is 518 g/mol. The van der Waals surface area contributed by atoms with Crippen molar-refractivity contribution in [1.82, 2.24) is 4.90 Å². The van der Waals surface area contributed by atoms with Crippen LogP contribution in [-0.4, -0.2) is 48.1 Å². The van der Waals surface area contributed by atoms with Gasteiger partial charge in [0.05, 0.1) is 31.4 Å². The molecule has 0 bridgehead atoms. The Morgan fingerprint density at radius 3 is 2.27 bits per heavy atom. The molecule has 41 heavy (non-hydrogen) atoms. The van der Waals surface area contributed by atoms with Gasteiger partial charge in [-0.3, -0.25) is 9.59 Å². The molecule has 1 N–H and O–H groups in total. The lowest BCUT2D eigenvalue weighted by atomic mass is 9.94. The van der Waals surface area contributed by atoms with Gasteiger partial charge in [-0.2, -0.15) is 0 Å². The Morgan fingerprint density at radius 2 is 1.59 bits per heavy atom. The van der Waals surface area contributed by atoms with E-state index in [0.717, 1.165) is 24.8 Å². The number of aliphatic hydroxyl groups is 1. The lowest BCUT2D eigenvalue weighted by Gasteiger charge is -2.26. The fourth-order valence-corrected chi connectivity index (χ4v) is 4.84. The normalized spacial score (nSPS) is 16.2. The number of nitrogens with zero attached hydrogens (tertiary/aromatic N) is 1. The van der Waals surface area contributed by atoms with Crippen LogP contribution in [-0.2, 0) is 16.0 Å². The average Bonchev–Trinajstić information content (AvgIpc) is 3.25. The van der Waals surface area contributed by atoms with Gasteiger partial charge in [-0.1, -0.05) is 56.7 Å². The number of carbonyl (C=O) groups excluding carboxylic acids is 2. The summed E-state index contributed by atoms with van der Waals surface area (Å²) in [5, 5.41) is 11.5. The highest BCUT2D eigenvalue weighted by Gasteiger charge is 2.46. The number of aliphatic hydroxyl groups excluding tert-OH is 1. The number of ether oxygens (including phenoxy) is 3. The average molecular weight is 558 g/mol. The largest absolute Gasteiger partial charge is 0.507 e. The predicted octanol–water partition coefficient (Wildman–Crippen LogP) is 6.72. The van der Waals surface area contributed by atoms with Crippen LogP contribution in [0.5, 0.6) is 17.2 Å². The first kappa shape index (κ1) is 29.7. The molecule has 1 fully saturated rings. The highest BCUT2D eigenvalue weighted by molar-refractivity contribution is 6.46. The number of rotatable bonds is 14. The third-order valence-corrected chi connectivity index (χ3v) is 6.96. The molecule has 7 nitrogen and oxygen atoms in total. The summed E-state index contributed by atoms with van der Waals surface area (Å²) in [4.78, 5) is 28.5. The van der Waals surface area contributed by atoms with E-state index in [1.807, 2.05) is 62.4 Å². The Labute approximate surface area is 242 Å². The van der Waals surface area contributed by atoms with E-state index in [9.17, 15) is 14.7 Å². The molecule has 0 aliphatic carbocycles. The SMILES string of the molecule is CCCCOc1ccc(C2C(=C(O)c3ccc(OCCC)cc3)C(=O)C(=O)N2CCc2ccccc2)cc1OCC. The van der Waals surface area contributed by atoms with E-state index in [1.54, 1.807) is 29.2 Å². The van der Waals surface area contributed by atoms with E-state index in [-0.39, 0.29) is 11.3 Å². The van der Waals surface area contributed by atoms with Gasteiger partial charge < -0.3 is 24.2 Å². The van der Waals surface area contributed by atoms with Crippen molar-refractivity contribution in [3.63, 3.8) is 0 Å². The van der Waals surface area contributed by atoms with Crippen molar-refractivity contribution >= 4 is 17.4 Å². The van der Waals surface area contributed by atoms with Crippen LogP contribution in [0.15, 0.2) is 78.4 Å². The minimum absolute atomic E-state index is 0.0485. The number of unbranched alkanes of at least 4 members (excludes halogenated alkanes) is 1. The van der Waals surface area contributed by atoms with Crippen LogP contribution in [0, 0.1) is 0 Å². The molecule has 1 amide bonds. The smallest absolute Gasteiger partial charge is 0.295 e. The Balaban J connectivity index is 1.76. The Hall–Kier alpha value is -4.26. The van der Waals surface area contributed by atoms with E-state index in [2.05, 4.69) is 6.92 Å². The number of amides is 1. The number of ketones is 1. The van der Waals surface area contributed by atoms with Crippen molar-refractivity contribution in [2.75, 3.05) is 26.4 Å². The topological polar surface area (TPSA) is 85.3 Å². The van der Waals surface area contributed by atoms with Crippen LogP contribution in [0.2, 0.25) is 0 Å². The number of hydrogen-bond donors (Lipinski definition) is 1. The Morgan fingerprint density at radius 1 is 0.829 bits per heavy atom. The minimum atomic E-state index is -0.793. The molecule has 1 heterocycles. The molecule has 1 aliphatic heterocycles. The summed E-state index contributed by atoms with van der Waals surface area (Å²) in [6, 6.07) is 21.4. The maximum atomic E-state index is 13.5. The van der Waals surface area contributed by atoms with Crippen molar-refractivity contribution in [2.45, 2.75) is 52.5 Å². The summed E-state index contributed by atoms with van der Waals surface area (Å²) in [7, 11) is 0. The second kappa shape index (κ2) is 14.4. The van der Waals surface area contributed by atoms with Crippen molar-refractivity contribution in [2.24, 2.45) is 0 Å². The first-order valence-corrected chi connectivity index (χ1v) is 14.4. The fraction of sp³-hybridized carbons (Fsp3) is 0.353. The summed E-state index contributed by atoms with van der Waals surface area (Å²) in [5.74, 6) is 0.229. The van der Waals surface area contributed by atoms with Gasteiger partial charge in [-0.15, -0.1) is 0 Å². The van der Waals surface area contributed by atoms with E-state index in [0.29, 0.717) is 61.2 Å². The first-order chi connectivity index (χ1) is 20.0. The zero-order valence-electron chi connectivity index (χ0n) is 24.1. The fourth-order valence-electron chi connectivity index (χ4n) is 4.84. The summed E-state index contributed by atoms with van der Waals surface area (Å²) in [5.41, 5.74) is 2.19. The van der Waals surface area contributed by atoms with Gasteiger partial charge in [0, 0.05) is 12.1 Å². The van der Waals surface area contributed by atoms with Gasteiger partial charge in [-0.05, 0) is 73.7 Å². The van der Waals surface area contributed by atoms with Gasteiger partial charge in [-0.25, -0.2) is 0 Å². The maximum Gasteiger partial charge on any atom is 0.295 e. The molecule has 1 atom stereocenters. The van der Waals surface area contributed by atoms with Crippen molar-refractivity contribution in [3.05, 3.63) is 95.1 Å². The molecule has 216 valence electrons. The second-order valence-electron chi connectivity index (χ2n) is 9.94. The third kappa shape index (κ3) is 7.09. The molecule has 3 aromatic rings. The highest BCUT2D eigenvalue weighted by atomic mass is 16.5. The Bertz CT molecular complexity index is 1350. The molecule has 3 aromatic carbocycles. The summed E-state index contributed by atoms with van der Waals surface area (Å²) in [6.07, 6.45) is 3.35. The number of benzene rings is 3. The predicted molar refractivity (Wildman–Crippen MR) is 159 cm³/mol. The molecule has 0 spiro atoms. The molecule has 1 unspecified atom stereocenters. The molecule has 7 heteroatoms. The van der Waals surface area contributed by atoms with Crippen LogP contribution in [0.1, 0.15) is 62.8 Å². The minimum Gasteiger partial charge on any atom is -0.507 e. The standard InChI is InChI=1S/C34H39NO6/c1-4-7-22-41-28-18-15-26(23-29(28)39-6-3)31-30(32(36)25-13-16-27(17-14-25)40-21-5-2)33(37)34(38)35(31)20-19-24-11-9-8-10-12-24/h8-18,23,31,36H,4-7,19-22H2,1-3H3. The molecule has 0 saturated carbocycles. The van der Waals surface area contributed by atoms with Crippen LogP contribution < -0.4 is 14.2 Å². The van der Waals surface area contributed by atoms with E-state index < -0.39 is 17.7 Å². The molecule has 0 aromatic heterocycles. The monoisotopic (exact) mass is 557 g/mol. The van der Waals surface area contributed by atoms with Gasteiger partial charge in [0.15, 0.2) is 11.5 Å². The first-order valence-electron chi connectivity index (χ1n) is 14.4. The summed E-state index contributed by atoms with van der Waals surface area (Å²) in [6.45, 7) is 7.88. The van der Waals surface area contributed by atoms with E-state index >= 15 is 0 Å². The number of hydrogen-bond acceptors (Lipinski definition) is 6. The molecular formula is C34H39NO6. The molecule has 1 saturated heterocycles. The van der Waals surface area contributed by atoms with E-state index in [4.69, 9.17) is 14.2 Å². The van der Waals surface area contributed by atoms with Crippen LogP contribution in [0.4, 0.5) is 0 Å². The quantitative estimate of drug-likeness (QED) is 0.103. The highest BCUT2D eigenvalue weighted by Crippen LogP contribution is 2.42. The van der Waals surface area contributed by atoms with Gasteiger partial charge in [0.25, 0.3) is 11.7 Å². The van der Waals surface area contributed by atoms with Gasteiger partial charge in [0.1, 0.15) is 11.5 Å². The number of carbonyl (C=O) groups is 2. The Kier molecular flexibility index (Phi) is 10.4. The molecule has 4 rings (SSSR count). The van der Waals surface area contributed by atoms with Crippen LogP contribution in [0.25, 0.3) is 5.76 Å². The lowest BCUT2D eigenvalue weighted by molar-refractivity contribution is -0.139. The summed E-state index contributed by atoms with van der Waals surface area (Å²) >= 11 is 0. The summed E-state index contributed by atoms with van der Waals surface area (Å²) < 4.78 is 17.5. The van der Waals surface area contributed by atoms with Gasteiger partial charge >= 0.3 is 0 Å². The van der Waals surface area contributed by atoms with Crippen molar-refractivity contribution < 1.29 is 28.9 Å². The zero-order chi connectivity index (χ0) is 29.2. The van der Waals surface area contributed by atoms with Crippen molar-refractivity contribution in [3.8, 4) is 17.2 Å². The second-order valence-corrected chi connectivity index (χ2v) is 9.94. The van der Waals surface area contributed by atoms with Crippen molar-refractivity contribution in [1.29, 1.82) is 0 Å². The van der Waals surface area contributed by atoms with Crippen LogP contribution in [0.3, 0.4) is 0 Å². The van der Waals surface area contributed by atoms with E-state index in [1.165, 1.54) is 0 Å². The third-order valence-electron chi connectivity index (χ3n) is 6.96. The maximum absolute atomic E-state index is 13.5. The zero-order valence-corrected chi connectivity index (χ0v) is 24.1. The van der Waals surface area contributed by atoms with Gasteiger partial charge in [0.2, 0.25) is 0 Å².